The lowest BCUT2D eigenvalue weighted by Gasteiger charge is -2.27. The second kappa shape index (κ2) is 8.20. The van der Waals surface area contributed by atoms with Crippen LogP contribution in [0, 0.1) is 0 Å². The molecule has 0 spiro atoms. The van der Waals surface area contributed by atoms with Gasteiger partial charge in [0, 0.05) is 12.2 Å². The van der Waals surface area contributed by atoms with Gasteiger partial charge in [0.15, 0.2) is 0 Å². The molecule has 1 radical (unpaired) electrons. The second-order valence-corrected chi connectivity index (χ2v) is 10.2. The third-order valence-electron chi connectivity index (χ3n) is 3.89. The van der Waals surface area contributed by atoms with Crippen molar-refractivity contribution in [3.8, 4) is 11.5 Å². The summed E-state index contributed by atoms with van der Waals surface area (Å²) in [6, 6.07) is 3.95. The first kappa shape index (κ1) is 18.5. The van der Waals surface area contributed by atoms with Gasteiger partial charge in [-0.25, -0.2) is 0 Å². The Hall–Kier alpha value is -0.523. The van der Waals surface area contributed by atoms with Crippen LogP contribution >= 0.6 is 15.9 Å². The fourth-order valence-electron chi connectivity index (χ4n) is 1.77. The summed E-state index contributed by atoms with van der Waals surface area (Å²) in [7, 11) is 2.99. The molecule has 1 aromatic carbocycles. The topological polar surface area (TPSA) is 27.7 Å². The maximum absolute atomic E-state index is 5.88. The van der Waals surface area contributed by atoms with Gasteiger partial charge in [0.2, 0.25) is 0 Å². The van der Waals surface area contributed by atoms with E-state index in [0.29, 0.717) is 11.6 Å². The fraction of sp³-hybridized carbons (Fsp3) is 0.625. The van der Waals surface area contributed by atoms with Gasteiger partial charge >= 0.3 is 0 Å². The first-order valence-electron chi connectivity index (χ1n) is 7.10. The summed E-state index contributed by atoms with van der Waals surface area (Å²) in [5.74, 6) is 1.68. The summed E-state index contributed by atoms with van der Waals surface area (Å²) < 4.78 is 17.5. The standard InChI is InChI=1S/C16H26BrO3Si/c1-16(2,21(5)6)11-20-8-7-12-9-15(19-4)13(17)10-14(12)18-3/h9-10H,7-8,11H2,1-6H3. The monoisotopic (exact) mass is 373 g/mol. The van der Waals surface area contributed by atoms with Crippen molar-refractivity contribution in [2.45, 2.75) is 38.4 Å². The SMILES string of the molecule is COc1cc(CCOCC(C)(C)[Si](C)C)c(OC)cc1Br. The van der Waals surface area contributed by atoms with E-state index in [1.54, 1.807) is 14.2 Å². The number of methoxy groups -OCH3 is 2. The normalized spacial score (nSPS) is 11.8. The van der Waals surface area contributed by atoms with E-state index in [-0.39, 0.29) is 8.80 Å². The lowest BCUT2D eigenvalue weighted by Crippen LogP contribution is -2.26. The molecule has 0 atom stereocenters. The minimum Gasteiger partial charge on any atom is -0.496 e. The van der Waals surface area contributed by atoms with Gasteiger partial charge in [0.1, 0.15) is 11.5 Å². The lowest BCUT2D eigenvalue weighted by atomic mass is 10.1. The molecule has 1 rings (SSSR count). The first-order chi connectivity index (χ1) is 9.81. The van der Waals surface area contributed by atoms with Crippen molar-refractivity contribution in [1.82, 2.24) is 0 Å². The molecular weight excluding hydrogens is 348 g/mol. The molecule has 0 fully saturated rings. The smallest absolute Gasteiger partial charge is 0.133 e. The molecule has 0 bridgehead atoms. The van der Waals surface area contributed by atoms with Gasteiger partial charge in [-0.15, -0.1) is 0 Å². The number of rotatable bonds is 8. The number of hydrogen-bond acceptors (Lipinski definition) is 3. The minimum absolute atomic E-state index is 0.298. The Balaban J connectivity index is 2.63. The van der Waals surface area contributed by atoms with Crippen molar-refractivity contribution in [1.29, 1.82) is 0 Å². The first-order valence-corrected chi connectivity index (χ1v) is 10.4. The summed E-state index contributed by atoms with van der Waals surface area (Å²) in [5.41, 5.74) is 1.11. The largest absolute Gasteiger partial charge is 0.496 e. The average molecular weight is 374 g/mol. The average Bonchev–Trinajstić information content (AvgIpc) is 2.44. The zero-order valence-corrected chi connectivity index (χ0v) is 16.5. The predicted octanol–water partition coefficient (Wildman–Crippen LogP) is 4.56. The van der Waals surface area contributed by atoms with Gasteiger partial charge in [-0.1, -0.05) is 26.9 Å². The van der Waals surface area contributed by atoms with Crippen LogP contribution in [0.25, 0.3) is 0 Å². The zero-order valence-electron chi connectivity index (χ0n) is 13.9. The van der Waals surface area contributed by atoms with Crippen LogP contribution < -0.4 is 9.47 Å². The van der Waals surface area contributed by atoms with Gasteiger partial charge < -0.3 is 14.2 Å². The highest BCUT2D eigenvalue weighted by atomic mass is 79.9. The van der Waals surface area contributed by atoms with E-state index in [1.165, 1.54) is 0 Å². The zero-order chi connectivity index (χ0) is 16.0. The number of ether oxygens (including phenoxy) is 3. The lowest BCUT2D eigenvalue weighted by molar-refractivity contribution is 0.116. The molecule has 3 nitrogen and oxygen atoms in total. The molecule has 0 amide bonds. The maximum Gasteiger partial charge on any atom is 0.133 e. The van der Waals surface area contributed by atoms with E-state index in [9.17, 15) is 0 Å². The fourth-order valence-corrected chi connectivity index (χ4v) is 2.65. The molecule has 0 unspecified atom stereocenters. The van der Waals surface area contributed by atoms with E-state index in [0.717, 1.165) is 34.6 Å². The van der Waals surface area contributed by atoms with Gasteiger partial charge in [0.05, 0.1) is 34.1 Å². The third-order valence-corrected chi connectivity index (χ3v) is 7.36. The van der Waals surface area contributed by atoms with Gasteiger partial charge in [-0.3, -0.25) is 0 Å². The molecule has 21 heavy (non-hydrogen) atoms. The molecule has 1 aromatic rings. The van der Waals surface area contributed by atoms with Crippen LogP contribution in [0.3, 0.4) is 0 Å². The van der Waals surface area contributed by atoms with Crippen molar-refractivity contribution >= 4 is 24.7 Å². The summed E-state index contributed by atoms with van der Waals surface area (Å²) in [5, 5.41) is 0.298. The van der Waals surface area contributed by atoms with Crippen molar-refractivity contribution < 1.29 is 14.2 Å². The van der Waals surface area contributed by atoms with Gasteiger partial charge in [0.25, 0.3) is 0 Å². The molecule has 0 heterocycles. The Bertz CT molecular complexity index is 461. The molecule has 0 aliphatic carbocycles. The highest BCUT2D eigenvalue weighted by molar-refractivity contribution is 9.10. The molecule has 0 aliphatic rings. The van der Waals surface area contributed by atoms with Crippen LogP contribution in [0.1, 0.15) is 19.4 Å². The van der Waals surface area contributed by atoms with E-state index in [2.05, 4.69) is 42.9 Å². The van der Waals surface area contributed by atoms with Crippen molar-refractivity contribution in [3.05, 3.63) is 22.2 Å². The Kier molecular flexibility index (Phi) is 7.23. The van der Waals surface area contributed by atoms with Crippen LogP contribution in [0.5, 0.6) is 11.5 Å². The number of halogens is 1. The van der Waals surface area contributed by atoms with Crippen molar-refractivity contribution in [3.63, 3.8) is 0 Å². The Morgan fingerprint density at radius 1 is 1.10 bits per heavy atom. The predicted molar refractivity (Wildman–Crippen MR) is 93.3 cm³/mol. The van der Waals surface area contributed by atoms with Gasteiger partial charge in [-0.05, 0) is 39.5 Å². The van der Waals surface area contributed by atoms with Gasteiger partial charge in [-0.2, -0.15) is 0 Å². The second-order valence-electron chi connectivity index (χ2n) is 5.99. The van der Waals surface area contributed by atoms with Crippen LogP contribution in [0.15, 0.2) is 16.6 Å². The van der Waals surface area contributed by atoms with E-state index >= 15 is 0 Å². The van der Waals surface area contributed by atoms with E-state index < -0.39 is 0 Å². The highest BCUT2D eigenvalue weighted by Crippen LogP contribution is 2.33. The number of hydrogen-bond donors (Lipinski definition) is 0. The Morgan fingerprint density at radius 2 is 1.71 bits per heavy atom. The van der Waals surface area contributed by atoms with Crippen molar-refractivity contribution in [2.24, 2.45) is 0 Å². The highest BCUT2D eigenvalue weighted by Gasteiger charge is 2.23. The number of benzene rings is 1. The molecular formula is C16H26BrO3Si. The summed E-state index contributed by atoms with van der Waals surface area (Å²) in [6.07, 6.45) is 0.818. The molecule has 0 saturated carbocycles. The Morgan fingerprint density at radius 3 is 2.24 bits per heavy atom. The summed E-state index contributed by atoms with van der Waals surface area (Å²) in [4.78, 5) is 0. The van der Waals surface area contributed by atoms with Crippen LogP contribution in [0.4, 0.5) is 0 Å². The molecule has 0 aromatic heterocycles. The molecule has 0 aliphatic heterocycles. The van der Waals surface area contributed by atoms with E-state index in [1.807, 2.05) is 12.1 Å². The van der Waals surface area contributed by atoms with Crippen LogP contribution in [-0.2, 0) is 11.2 Å². The van der Waals surface area contributed by atoms with E-state index in [4.69, 9.17) is 14.2 Å². The molecule has 119 valence electrons. The molecule has 5 heteroatoms. The van der Waals surface area contributed by atoms with Crippen LogP contribution in [0.2, 0.25) is 18.1 Å². The quantitative estimate of drug-likeness (QED) is 0.493. The third kappa shape index (κ3) is 5.31. The maximum atomic E-state index is 5.88. The molecule has 0 saturated heterocycles. The van der Waals surface area contributed by atoms with Crippen LogP contribution in [-0.4, -0.2) is 36.2 Å². The van der Waals surface area contributed by atoms with Crippen molar-refractivity contribution in [2.75, 3.05) is 27.4 Å². The summed E-state index contributed by atoms with van der Waals surface area (Å²) >= 11 is 3.47. The summed E-state index contributed by atoms with van der Waals surface area (Å²) in [6.45, 7) is 10.7. The molecule has 0 N–H and O–H groups in total. The minimum atomic E-state index is -0.360. The Labute approximate surface area is 138 Å².